The van der Waals surface area contributed by atoms with Gasteiger partial charge >= 0.3 is 0 Å². The summed E-state index contributed by atoms with van der Waals surface area (Å²) in [5.74, 6) is 0.600. The Labute approximate surface area is 116 Å². The molecular weight excluding hydrogens is 258 g/mol. The predicted molar refractivity (Wildman–Crippen MR) is 74.9 cm³/mol. The normalized spacial score (nSPS) is 12.1. The van der Waals surface area contributed by atoms with Gasteiger partial charge in [0.25, 0.3) is 5.56 Å². The smallest absolute Gasteiger partial charge is 0.270 e. The second-order valence-corrected chi connectivity index (χ2v) is 4.64. The van der Waals surface area contributed by atoms with Gasteiger partial charge in [0.1, 0.15) is 18.1 Å². The number of aromatic nitrogens is 2. The van der Waals surface area contributed by atoms with Crippen molar-refractivity contribution >= 4 is 0 Å². The van der Waals surface area contributed by atoms with Gasteiger partial charge in [0, 0.05) is 12.1 Å². The van der Waals surface area contributed by atoms with Crippen LogP contribution in [0.1, 0.15) is 12.5 Å². The highest BCUT2D eigenvalue weighted by Gasteiger charge is 2.03. The highest BCUT2D eigenvalue weighted by molar-refractivity contribution is 5.26. The van der Waals surface area contributed by atoms with E-state index in [9.17, 15) is 9.90 Å². The van der Waals surface area contributed by atoms with E-state index in [1.165, 1.54) is 16.9 Å². The number of aromatic hydroxyl groups is 1. The van der Waals surface area contributed by atoms with Crippen LogP contribution in [-0.2, 0) is 6.54 Å². The second-order valence-electron chi connectivity index (χ2n) is 4.64. The van der Waals surface area contributed by atoms with Gasteiger partial charge in [-0.2, -0.15) is 5.10 Å². The molecule has 0 aliphatic rings. The lowest BCUT2D eigenvalue weighted by Gasteiger charge is -2.09. The first-order chi connectivity index (χ1) is 9.54. The summed E-state index contributed by atoms with van der Waals surface area (Å²) in [6.07, 6.45) is 1.49. The van der Waals surface area contributed by atoms with Crippen LogP contribution in [0.2, 0.25) is 0 Å². The zero-order chi connectivity index (χ0) is 14.5. The molecule has 0 spiro atoms. The Balaban J connectivity index is 2.09. The maximum atomic E-state index is 11.9. The summed E-state index contributed by atoms with van der Waals surface area (Å²) in [6.45, 7) is 2.50. The summed E-state index contributed by atoms with van der Waals surface area (Å²) in [5.41, 5.74) is 6.20. The number of phenols is 1. The van der Waals surface area contributed by atoms with Crippen LogP contribution in [-0.4, -0.2) is 27.5 Å². The monoisotopic (exact) mass is 275 g/mol. The average Bonchev–Trinajstić information content (AvgIpc) is 2.41. The van der Waals surface area contributed by atoms with E-state index in [1.54, 1.807) is 24.3 Å². The number of nitrogens with zero attached hydrogens (tertiary/aromatic N) is 2. The molecular formula is C14H17N3O3. The van der Waals surface area contributed by atoms with Crippen molar-refractivity contribution in [2.24, 2.45) is 5.73 Å². The zero-order valence-electron chi connectivity index (χ0n) is 11.2. The lowest BCUT2D eigenvalue weighted by atomic mass is 10.2. The molecule has 2 rings (SSSR count). The number of rotatable bonds is 5. The molecule has 1 heterocycles. The zero-order valence-corrected chi connectivity index (χ0v) is 11.2. The van der Waals surface area contributed by atoms with Crippen LogP contribution >= 0.6 is 0 Å². The van der Waals surface area contributed by atoms with Gasteiger partial charge in [-0.05, 0) is 24.6 Å². The number of hydrogen-bond donors (Lipinski definition) is 2. The van der Waals surface area contributed by atoms with Gasteiger partial charge in [0.05, 0.1) is 12.7 Å². The molecule has 1 aromatic heterocycles. The Bertz CT molecular complexity index is 620. The fourth-order valence-electron chi connectivity index (χ4n) is 1.62. The van der Waals surface area contributed by atoms with Crippen molar-refractivity contribution in [2.45, 2.75) is 19.5 Å². The Morgan fingerprint density at radius 1 is 1.40 bits per heavy atom. The molecule has 2 aromatic rings. The molecule has 0 aliphatic heterocycles. The van der Waals surface area contributed by atoms with Crippen molar-refractivity contribution in [3.63, 3.8) is 0 Å². The molecule has 1 aromatic carbocycles. The average molecular weight is 275 g/mol. The van der Waals surface area contributed by atoms with E-state index in [2.05, 4.69) is 5.10 Å². The van der Waals surface area contributed by atoms with Crippen molar-refractivity contribution in [1.82, 2.24) is 9.78 Å². The van der Waals surface area contributed by atoms with Crippen LogP contribution in [0.15, 0.2) is 41.3 Å². The van der Waals surface area contributed by atoms with E-state index in [4.69, 9.17) is 10.5 Å². The lowest BCUT2D eigenvalue weighted by Crippen LogP contribution is -2.26. The highest BCUT2D eigenvalue weighted by Crippen LogP contribution is 2.10. The molecule has 0 bridgehead atoms. The number of phenolic OH excluding ortho intramolecular Hbond substituents is 1. The molecule has 1 atom stereocenters. The first kappa shape index (κ1) is 14.1. The van der Waals surface area contributed by atoms with Gasteiger partial charge in [-0.3, -0.25) is 4.79 Å². The van der Waals surface area contributed by atoms with E-state index in [1.807, 2.05) is 6.92 Å². The van der Waals surface area contributed by atoms with Crippen LogP contribution in [0.5, 0.6) is 11.5 Å². The summed E-state index contributed by atoms with van der Waals surface area (Å²) < 4.78 is 6.66. The standard InChI is InChI=1S/C14H17N3O3/c1-10(15)9-20-13-6-14(19)17(16-7-13)8-11-2-4-12(18)5-3-11/h2-7,10,18H,8-9,15H2,1H3. The van der Waals surface area contributed by atoms with Crippen molar-refractivity contribution in [2.75, 3.05) is 6.61 Å². The number of nitrogens with two attached hydrogens (primary N) is 1. The van der Waals surface area contributed by atoms with E-state index < -0.39 is 0 Å². The number of benzene rings is 1. The fraction of sp³-hybridized carbons (Fsp3) is 0.286. The third kappa shape index (κ3) is 3.83. The van der Waals surface area contributed by atoms with E-state index in [0.717, 1.165) is 5.56 Å². The van der Waals surface area contributed by atoms with Crippen molar-refractivity contribution in [3.8, 4) is 11.5 Å². The van der Waals surface area contributed by atoms with E-state index >= 15 is 0 Å². The van der Waals surface area contributed by atoms with Crippen molar-refractivity contribution in [1.29, 1.82) is 0 Å². The molecule has 1 unspecified atom stereocenters. The minimum atomic E-state index is -0.250. The Hall–Kier alpha value is -2.34. The number of hydrogen-bond acceptors (Lipinski definition) is 5. The first-order valence-corrected chi connectivity index (χ1v) is 6.28. The molecule has 20 heavy (non-hydrogen) atoms. The van der Waals surface area contributed by atoms with Gasteiger partial charge in [0.15, 0.2) is 0 Å². The number of ether oxygens (including phenoxy) is 1. The topological polar surface area (TPSA) is 90.4 Å². The molecule has 6 nitrogen and oxygen atoms in total. The largest absolute Gasteiger partial charge is 0.508 e. The van der Waals surface area contributed by atoms with E-state index in [-0.39, 0.29) is 17.4 Å². The van der Waals surface area contributed by atoms with Gasteiger partial charge in [-0.25, -0.2) is 4.68 Å². The molecule has 6 heteroatoms. The Morgan fingerprint density at radius 2 is 2.10 bits per heavy atom. The van der Waals surface area contributed by atoms with Crippen LogP contribution in [0.25, 0.3) is 0 Å². The van der Waals surface area contributed by atoms with Crippen LogP contribution in [0, 0.1) is 0 Å². The minimum absolute atomic E-state index is 0.102. The van der Waals surface area contributed by atoms with Gasteiger partial charge in [-0.1, -0.05) is 12.1 Å². The molecule has 0 fully saturated rings. The maximum absolute atomic E-state index is 11.9. The molecule has 0 radical (unpaired) electrons. The highest BCUT2D eigenvalue weighted by atomic mass is 16.5. The lowest BCUT2D eigenvalue weighted by molar-refractivity contribution is 0.293. The molecule has 106 valence electrons. The van der Waals surface area contributed by atoms with Gasteiger partial charge < -0.3 is 15.6 Å². The van der Waals surface area contributed by atoms with E-state index in [0.29, 0.717) is 18.9 Å². The quantitative estimate of drug-likeness (QED) is 0.839. The molecule has 0 amide bonds. The van der Waals surface area contributed by atoms with Gasteiger partial charge in [-0.15, -0.1) is 0 Å². The summed E-state index contributed by atoms with van der Waals surface area (Å²) >= 11 is 0. The third-order valence-electron chi connectivity index (χ3n) is 2.63. The van der Waals surface area contributed by atoms with Crippen LogP contribution < -0.4 is 16.0 Å². The van der Waals surface area contributed by atoms with Crippen molar-refractivity contribution in [3.05, 3.63) is 52.4 Å². The first-order valence-electron chi connectivity index (χ1n) is 6.28. The Morgan fingerprint density at radius 3 is 2.70 bits per heavy atom. The SMILES string of the molecule is CC(N)COc1cnn(Cc2ccc(O)cc2)c(=O)c1. The van der Waals surface area contributed by atoms with Crippen LogP contribution in [0.4, 0.5) is 0 Å². The third-order valence-corrected chi connectivity index (χ3v) is 2.63. The predicted octanol–water partition coefficient (Wildman–Crippen LogP) is 0.723. The molecule has 0 saturated carbocycles. The van der Waals surface area contributed by atoms with Crippen LogP contribution in [0.3, 0.4) is 0 Å². The van der Waals surface area contributed by atoms with Gasteiger partial charge in [0.2, 0.25) is 0 Å². The summed E-state index contributed by atoms with van der Waals surface area (Å²) in [7, 11) is 0. The second kappa shape index (κ2) is 6.21. The van der Waals surface area contributed by atoms with Crippen molar-refractivity contribution < 1.29 is 9.84 Å². The maximum Gasteiger partial charge on any atom is 0.270 e. The molecule has 0 saturated heterocycles. The summed E-state index contributed by atoms with van der Waals surface area (Å²) in [5, 5.41) is 13.3. The summed E-state index contributed by atoms with van der Waals surface area (Å²) in [4.78, 5) is 11.9. The summed E-state index contributed by atoms with van der Waals surface area (Å²) in [6, 6.07) is 7.90. The fourth-order valence-corrected chi connectivity index (χ4v) is 1.62. The molecule has 3 N–H and O–H groups in total. The molecule has 0 aliphatic carbocycles. The minimum Gasteiger partial charge on any atom is -0.508 e. The Kier molecular flexibility index (Phi) is 4.37.